The van der Waals surface area contributed by atoms with Crippen molar-refractivity contribution in [1.29, 1.82) is 0 Å². The summed E-state index contributed by atoms with van der Waals surface area (Å²) in [6.07, 6.45) is 1.11. The zero-order valence-corrected chi connectivity index (χ0v) is 18.0. The first-order chi connectivity index (χ1) is 14.3. The minimum atomic E-state index is -0.453. The van der Waals surface area contributed by atoms with Crippen LogP contribution in [0.5, 0.6) is 0 Å². The van der Waals surface area contributed by atoms with Gasteiger partial charge in [-0.05, 0) is 54.5 Å². The number of thiophene rings is 1. The van der Waals surface area contributed by atoms with Crippen LogP contribution in [0.1, 0.15) is 59.9 Å². The number of rotatable bonds is 7. The van der Waals surface area contributed by atoms with Gasteiger partial charge in [-0.15, -0.1) is 11.3 Å². The number of ether oxygens (including phenoxy) is 1. The summed E-state index contributed by atoms with van der Waals surface area (Å²) in [5.41, 5.74) is 2.05. The maximum absolute atomic E-state index is 12.7. The predicted octanol–water partition coefficient (Wildman–Crippen LogP) is 4.03. The summed E-state index contributed by atoms with van der Waals surface area (Å²) in [6.45, 7) is 6.10. The van der Waals surface area contributed by atoms with Gasteiger partial charge in [0.15, 0.2) is 0 Å². The van der Waals surface area contributed by atoms with Crippen LogP contribution in [0.4, 0.5) is 10.7 Å². The highest BCUT2D eigenvalue weighted by Crippen LogP contribution is 2.31. The van der Waals surface area contributed by atoms with Crippen molar-refractivity contribution in [2.24, 2.45) is 5.92 Å². The number of benzene rings is 1. The molecule has 0 saturated carbocycles. The summed E-state index contributed by atoms with van der Waals surface area (Å²) < 4.78 is 5.18. The molecule has 158 valence electrons. The van der Waals surface area contributed by atoms with E-state index in [0.29, 0.717) is 34.2 Å². The molecular formula is C22H24N2O5S. The van der Waals surface area contributed by atoms with Crippen LogP contribution >= 0.6 is 11.3 Å². The van der Waals surface area contributed by atoms with Crippen molar-refractivity contribution >= 4 is 45.7 Å². The van der Waals surface area contributed by atoms with Crippen LogP contribution < -0.4 is 10.2 Å². The molecule has 0 aliphatic carbocycles. The molecule has 1 saturated heterocycles. The maximum atomic E-state index is 12.7. The molecule has 1 fully saturated rings. The quantitative estimate of drug-likeness (QED) is 0.531. The molecule has 1 aliphatic rings. The summed E-state index contributed by atoms with van der Waals surface area (Å²) in [4.78, 5) is 50.1. The zero-order valence-electron chi connectivity index (χ0n) is 17.2. The highest BCUT2D eigenvalue weighted by molar-refractivity contribution is 7.15. The molecule has 3 rings (SSSR count). The normalized spacial score (nSPS) is 13.8. The standard InChI is InChI=1S/C22H24N2O5S/c1-4-29-22(28)19-15(11-13(2)3)12-30-21(19)23-20(27)14-5-7-16(8-6-14)24-17(25)9-10-18(24)26/h5-8,12-13H,4,9-11H2,1-3H3,(H,23,27). The van der Waals surface area contributed by atoms with Crippen molar-refractivity contribution in [3.63, 3.8) is 0 Å². The summed E-state index contributed by atoms with van der Waals surface area (Å²) >= 11 is 1.29. The topological polar surface area (TPSA) is 92.8 Å². The maximum Gasteiger partial charge on any atom is 0.341 e. The fraction of sp³-hybridized carbons (Fsp3) is 0.364. The second kappa shape index (κ2) is 9.21. The smallest absolute Gasteiger partial charge is 0.341 e. The number of nitrogens with zero attached hydrogens (tertiary/aromatic N) is 1. The monoisotopic (exact) mass is 428 g/mol. The van der Waals surface area contributed by atoms with Crippen molar-refractivity contribution in [1.82, 2.24) is 0 Å². The van der Waals surface area contributed by atoms with Gasteiger partial charge in [-0.1, -0.05) is 13.8 Å². The number of esters is 1. The third-order valence-electron chi connectivity index (χ3n) is 4.64. The van der Waals surface area contributed by atoms with E-state index in [1.165, 1.54) is 11.3 Å². The van der Waals surface area contributed by atoms with Crippen LogP contribution in [0.2, 0.25) is 0 Å². The lowest BCUT2D eigenvalue weighted by atomic mass is 10.0. The van der Waals surface area contributed by atoms with E-state index in [0.717, 1.165) is 10.5 Å². The zero-order chi connectivity index (χ0) is 21.8. The van der Waals surface area contributed by atoms with Gasteiger partial charge < -0.3 is 10.1 Å². The number of carbonyl (C=O) groups is 4. The van der Waals surface area contributed by atoms with Crippen LogP contribution in [-0.2, 0) is 20.7 Å². The molecule has 7 nitrogen and oxygen atoms in total. The first-order valence-electron chi connectivity index (χ1n) is 9.86. The van der Waals surface area contributed by atoms with Gasteiger partial charge in [0.1, 0.15) is 5.00 Å². The first-order valence-corrected chi connectivity index (χ1v) is 10.7. The molecule has 1 aliphatic heterocycles. The Morgan fingerprint density at radius 1 is 1.13 bits per heavy atom. The van der Waals surface area contributed by atoms with E-state index >= 15 is 0 Å². The largest absolute Gasteiger partial charge is 0.462 e. The Balaban J connectivity index is 1.80. The van der Waals surface area contributed by atoms with Crippen LogP contribution in [0, 0.1) is 5.92 Å². The number of hydrogen-bond donors (Lipinski definition) is 1. The molecule has 0 unspecified atom stereocenters. The van der Waals surface area contributed by atoms with E-state index < -0.39 is 5.97 Å². The number of hydrogen-bond acceptors (Lipinski definition) is 6. The fourth-order valence-electron chi connectivity index (χ4n) is 3.30. The minimum absolute atomic E-state index is 0.203. The molecule has 1 aromatic carbocycles. The van der Waals surface area contributed by atoms with Gasteiger partial charge in [0.2, 0.25) is 11.8 Å². The van der Waals surface area contributed by atoms with Crippen LogP contribution in [0.25, 0.3) is 0 Å². The Bertz CT molecular complexity index is 962. The highest BCUT2D eigenvalue weighted by Gasteiger charge is 2.30. The number of imide groups is 1. The second-order valence-electron chi connectivity index (χ2n) is 7.41. The third-order valence-corrected chi connectivity index (χ3v) is 5.59. The van der Waals surface area contributed by atoms with E-state index in [-0.39, 0.29) is 37.2 Å². The van der Waals surface area contributed by atoms with Gasteiger partial charge in [0, 0.05) is 18.4 Å². The molecule has 0 radical (unpaired) electrons. The molecule has 30 heavy (non-hydrogen) atoms. The van der Waals surface area contributed by atoms with Crippen LogP contribution in [-0.4, -0.2) is 30.3 Å². The summed E-state index contributed by atoms with van der Waals surface area (Å²) in [7, 11) is 0. The molecule has 2 heterocycles. The van der Waals surface area contributed by atoms with Crippen molar-refractivity contribution in [2.75, 3.05) is 16.8 Å². The molecule has 1 N–H and O–H groups in total. The Hall–Kier alpha value is -3.00. The third kappa shape index (κ3) is 4.59. The molecule has 0 bridgehead atoms. The number of amides is 3. The van der Waals surface area contributed by atoms with Gasteiger partial charge >= 0.3 is 5.97 Å². The fourth-order valence-corrected chi connectivity index (χ4v) is 4.26. The molecular weight excluding hydrogens is 404 g/mol. The molecule has 8 heteroatoms. The lowest BCUT2D eigenvalue weighted by Gasteiger charge is -2.14. The van der Waals surface area contributed by atoms with Gasteiger partial charge in [0.05, 0.1) is 17.9 Å². The second-order valence-corrected chi connectivity index (χ2v) is 8.29. The van der Waals surface area contributed by atoms with E-state index in [9.17, 15) is 19.2 Å². The van der Waals surface area contributed by atoms with Crippen molar-refractivity contribution < 1.29 is 23.9 Å². The van der Waals surface area contributed by atoms with E-state index in [1.54, 1.807) is 31.2 Å². The molecule has 0 spiro atoms. The van der Waals surface area contributed by atoms with Gasteiger partial charge in [-0.3, -0.25) is 19.3 Å². The Labute approximate surface area is 179 Å². The van der Waals surface area contributed by atoms with Crippen molar-refractivity contribution in [3.8, 4) is 0 Å². The Morgan fingerprint density at radius 3 is 2.33 bits per heavy atom. The molecule has 1 aromatic heterocycles. The van der Waals surface area contributed by atoms with Crippen molar-refractivity contribution in [3.05, 3.63) is 46.3 Å². The highest BCUT2D eigenvalue weighted by atomic mass is 32.1. The van der Waals surface area contributed by atoms with E-state index in [4.69, 9.17) is 4.74 Å². The van der Waals surface area contributed by atoms with Gasteiger partial charge in [-0.25, -0.2) is 4.79 Å². The van der Waals surface area contributed by atoms with Crippen LogP contribution in [0.3, 0.4) is 0 Å². The number of nitrogens with one attached hydrogen (secondary N) is 1. The number of anilines is 2. The number of carbonyl (C=O) groups excluding carboxylic acids is 4. The minimum Gasteiger partial charge on any atom is -0.462 e. The van der Waals surface area contributed by atoms with Crippen LogP contribution in [0.15, 0.2) is 29.6 Å². The first kappa shape index (κ1) is 21.7. The molecule has 0 atom stereocenters. The van der Waals surface area contributed by atoms with Crippen molar-refractivity contribution in [2.45, 2.75) is 40.0 Å². The molecule has 3 amide bonds. The Kier molecular flexibility index (Phi) is 6.66. The SMILES string of the molecule is CCOC(=O)c1c(CC(C)C)csc1NC(=O)c1ccc(N2C(=O)CCC2=O)cc1. The lowest BCUT2D eigenvalue weighted by molar-refractivity contribution is -0.121. The predicted molar refractivity (Wildman–Crippen MR) is 115 cm³/mol. The average Bonchev–Trinajstić information content (AvgIpc) is 3.24. The molecule has 2 aromatic rings. The van der Waals surface area contributed by atoms with E-state index in [1.807, 2.05) is 5.38 Å². The summed E-state index contributed by atoms with van der Waals surface area (Å²) in [6, 6.07) is 6.24. The average molecular weight is 429 g/mol. The van der Waals surface area contributed by atoms with Gasteiger partial charge in [-0.2, -0.15) is 0 Å². The lowest BCUT2D eigenvalue weighted by Crippen LogP contribution is -2.28. The van der Waals surface area contributed by atoms with E-state index in [2.05, 4.69) is 19.2 Å². The summed E-state index contributed by atoms with van der Waals surface area (Å²) in [5.74, 6) is -0.977. The Morgan fingerprint density at radius 2 is 1.77 bits per heavy atom. The summed E-state index contributed by atoms with van der Waals surface area (Å²) in [5, 5.41) is 5.12. The van der Waals surface area contributed by atoms with Gasteiger partial charge in [0.25, 0.3) is 5.91 Å².